The van der Waals surface area contributed by atoms with Gasteiger partial charge in [-0.05, 0) is 53.3 Å². The minimum Gasteiger partial charge on any atom is -0.225 e. The highest BCUT2D eigenvalue weighted by Crippen LogP contribution is 2.37. The normalized spacial score (nSPS) is 11.9. The third-order valence-corrected chi connectivity index (χ3v) is 6.93. The first-order chi connectivity index (χ1) is 15.9. The number of aromatic nitrogens is 2. The van der Waals surface area contributed by atoms with Crippen LogP contribution in [-0.4, -0.2) is 4.57 Å². The van der Waals surface area contributed by atoms with Gasteiger partial charge in [0.2, 0.25) is 0 Å². The van der Waals surface area contributed by atoms with Crippen molar-refractivity contribution in [1.29, 1.82) is 0 Å². The van der Waals surface area contributed by atoms with Crippen LogP contribution in [0.3, 0.4) is 0 Å². The molecule has 0 unspecified atom stereocenters. The molecular formula is C31H33N2+. The van der Waals surface area contributed by atoms with Gasteiger partial charge in [-0.15, -0.1) is 0 Å². The van der Waals surface area contributed by atoms with Crippen LogP contribution in [0, 0.1) is 6.92 Å². The zero-order valence-electron chi connectivity index (χ0n) is 20.6. The molecule has 0 N–H and O–H groups in total. The zero-order chi connectivity index (χ0) is 23.3. The summed E-state index contributed by atoms with van der Waals surface area (Å²) in [6.45, 7) is 11.4. The predicted molar refractivity (Wildman–Crippen MR) is 140 cm³/mol. The highest BCUT2D eigenvalue weighted by Gasteiger charge is 2.31. The summed E-state index contributed by atoms with van der Waals surface area (Å²) in [4.78, 5) is 0. The summed E-state index contributed by atoms with van der Waals surface area (Å²) < 4.78 is 4.92. The average molecular weight is 434 g/mol. The highest BCUT2D eigenvalue weighted by molar-refractivity contribution is 5.96. The maximum absolute atomic E-state index is 2.54. The van der Waals surface area contributed by atoms with Crippen molar-refractivity contribution in [2.24, 2.45) is 7.05 Å². The smallest absolute Gasteiger partial charge is 0.225 e. The van der Waals surface area contributed by atoms with Crippen molar-refractivity contribution in [1.82, 2.24) is 4.57 Å². The van der Waals surface area contributed by atoms with Crippen LogP contribution in [0.2, 0.25) is 0 Å². The number of benzene rings is 4. The summed E-state index contributed by atoms with van der Waals surface area (Å²) in [7, 11) is 2.21. The van der Waals surface area contributed by atoms with Crippen molar-refractivity contribution >= 4 is 21.8 Å². The quantitative estimate of drug-likeness (QED) is 0.255. The Kier molecular flexibility index (Phi) is 5.32. The van der Waals surface area contributed by atoms with E-state index in [1.54, 1.807) is 0 Å². The van der Waals surface area contributed by atoms with Crippen molar-refractivity contribution in [3.8, 4) is 17.1 Å². The molecular weight excluding hydrogens is 400 g/mol. The van der Waals surface area contributed by atoms with Gasteiger partial charge < -0.3 is 0 Å². The highest BCUT2D eigenvalue weighted by atomic mass is 15.2. The van der Waals surface area contributed by atoms with E-state index >= 15 is 0 Å². The van der Waals surface area contributed by atoms with E-state index in [1.807, 2.05) is 0 Å². The lowest BCUT2D eigenvalue weighted by atomic mass is 9.92. The predicted octanol–water partition coefficient (Wildman–Crippen LogP) is 7.83. The van der Waals surface area contributed by atoms with Crippen LogP contribution < -0.4 is 4.57 Å². The van der Waals surface area contributed by atoms with E-state index in [4.69, 9.17) is 0 Å². The van der Waals surface area contributed by atoms with Crippen molar-refractivity contribution in [3.63, 3.8) is 0 Å². The number of hydrogen-bond acceptors (Lipinski definition) is 0. The number of imidazole rings is 1. The van der Waals surface area contributed by atoms with Crippen molar-refractivity contribution in [2.45, 2.75) is 46.5 Å². The lowest BCUT2D eigenvalue weighted by molar-refractivity contribution is -0.633. The van der Waals surface area contributed by atoms with Gasteiger partial charge in [0.25, 0.3) is 5.82 Å². The second-order valence-corrected chi connectivity index (χ2v) is 9.82. The van der Waals surface area contributed by atoms with Crippen LogP contribution in [-0.2, 0) is 7.05 Å². The van der Waals surface area contributed by atoms with Crippen LogP contribution in [0.25, 0.3) is 38.9 Å². The van der Waals surface area contributed by atoms with Crippen molar-refractivity contribution < 1.29 is 4.57 Å². The summed E-state index contributed by atoms with van der Waals surface area (Å²) in [5, 5.41) is 2.55. The minimum atomic E-state index is 0.423. The molecule has 4 aromatic carbocycles. The molecule has 5 aromatic rings. The molecule has 5 rings (SSSR count). The van der Waals surface area contributed by atoms with E-state index < -0.39 is 0 Å². The van der Waals surface area contributed by atoms with Crippen LogP contribution in [0.5, 0.6) is 0 Å². The Morgan fingerprint density at radius 1 is 0.697 bits per heavy atom. The Hall–Kier alpha value is -3.39. The molecule has 0 fully saturated rings. The first-order valence-electron chi connectivity index (χ1n) is 12.0. The second-order valence-electron chi connectivity index (χ2n) is 9.82. The topological polar surface area (TPSA) is 8.81 Å². The van der Waals surface area contributed by atoms with Crippen LogP contribution in [0.4, 0.5) is 0 Å². The molecule has 0 saturated carbocycles. The molecule has 2 nitrogen and oxygen atoms in total. The van der Waals surface area contributed by atoms with Gasteiger partial charge in [-0.1, -0.05) is 88.4 Å². The Balaban J connectivity index is 2.03. The van der Waals surface area contributed by atoms with Gasteiger partial charge in [0.1, 0.15) is 5.69 Å². The van der Waals surface area contributed by atoms with Crippen LogP contribution >= 0.6 is 0 Å². The summed E-state index contributed by atoms with van der Waals surface area (Å²) in [5.41, 5.74) is 9.18. The zero-order valence-corrected chi connectivity index (χ0v) is 20.6. The van der Waals surface area contributed by atoms with Gasteiger partial charge in [-0.2, -0.15) is 4.57 Å². The molecule has 1 aromatic heterocycles. The van der Waals surface area contributed by atoms with Crippen LogP contribution in [0.15, 0.2) is 78.9 Å². The number of para-hydroxylation sites is 1. The van der Waals surface area contributed by atoms with Gasteiger partial charge in [-0.3, -0.25) is 0 Å². The molecule has 2 heteroatoms. The Morgan fingerprint density at radius 3 is 1.88 bits per heavy atom. The molecule has 0 aliphatic rings. The summed E-state index contributed by atoms with van der Waals surface area (Å²) in [6, 6.07) is 29.0. The van der Waals surface area contributed by atoms with Crippen molar-refractivity contribution in [2.75, 3.05) is 0 Å². The van der Waals surface area contributed by atoms with Gasteiger partial charge in [0.05, 0.1) is 12.6 Å². The van der Waals surface area contributed by atoms with Crippen LogP contribution in [0.1, 0.15) is 56.2 Å². The number of aryl methyl sites for hydroxylation is 2. The van der Waals surface area contributed by atoms with E-state index in [1.165, 1.54) is 55.6 Å². The van der Waals surface area contributed by atoms with Crippen molar-refractivity contribution in [3.05, 3.63) is 95.6 Å². The second kappa shape index (κ2) is 8.19. The first kappa shape index (κ1) is 21.5. The van der Waals surface area contributed by atoms with E-state index in [0.717, 1.165) is 0 Å². The van der Waals surface area contributed by atoms with Gasteiger partial charge >= 0.3 is 0 Å². The summed E-state index contributed by atoms with van der Waals surface area (Å²) in [5.74, 6) is 2.08. The van der Waals surface area contributed by atoms with Gasteiger partial charge in [-0.25, -0.2) is 4.57 Å². The molecule has 0 spiro atoms. The fraction of sp³-hybridized carbons (Fsp3) is 0.258. The number of fused-ring (bicyclic) bond motifs is 2. The molecule has 33 heavy (non-hydrogen) atoms. The van der Waals surface area contributed by atoms with E-state index in [-0.39, 0.29) is 0 Å². The molecule has 0 amide bonds. The third kappa shape index (κ3) is 3.45. The number of nitrogens with zero attached hydrogens (tertiary/aromatic N) is 2. The van der Waals surface area contributed by atoms with E-state index in [0.29, 0.717) is 11.8 Å². The minimum absolute atomic E-state index is 0.423. The number of rotatable bonds is 4. The lowest BCUT2D eigenvalue weighted by Gasteiger charge is -2.18. The molecule has 166 valence electrons. The van der Waals surface area contributed by atoms with E-state index in [2.05, 4.69) is 130 Å². The lowest BCUT2D eigenvalue weighted by Crippen LogP contribution is -2.30. The molecule has 0 aliphatic heterocycles. The Bertz CT molecular complexity index is 1460. The Morgan fingerprint density at radius 2 is 1.27 bits per heavy atom. The monoisotopic (exact) mass is 433 g/mol. The third-order valence-electron chi connectivity index (χ3n) is 6.93. The largest absolute Gasteiger partial charge is 0.295 e. The first-order valence-corrected chi connectivity index (χ1v) is 12.0. The number of hydrogen-bond donors (Lipinski definition) is 0. The SMILES string of the molecule is Cc1ccccc1-c1n(-c2c(C(C)C)cccc2C(C)C)c2cc3ccccc3cc2[n+]1C. The maximum atomic E-state index is 2.54. The molecule has 0 saturated heterocycles. The standard InChI is InChI=1S/C31H33N2/c1-20(2)25-16-11-17-26(21(3)4)30(25)33-29-19-24-14-9-8-13-23(24)18-28(29)32(6)31(33)27-15-10-7-12-22(27)5/h7-21H,1-6H3/q+1. The molecule has 0 bridgehead atoms. The van der Waals surface area contributed by atoms with Gasteiger partial charge in [0, 0.05) is 11.1 Å². The summed E-state index contributed by atoms with van der Waals surface area (Å²) >= 11 is 0. The summed E-state index contributed by atoms with van der Waals surface area (Å²) in [6.07, 6.45) is 0. The average Bonchev–Trinajstić information content (AvgIpc) is 3.08. The fourth-order valence-corrected chi connectivity index (χ4v) is 5.16. The van der Waals surface area contributed by atoms with E-state index in [9.17, 15) is 0 Å². The maximum Gasteiger partial charge on any atom is 0.295 e. The molecule has 0 radical (unpaired) electrons. The van der Waals surface area contributed by atoms with Gasteiger partial charge in [0.15, 0.2) is 11.0 Å². The Labute approximate surface area is 197 Å². The fourth-order valence-electron chi connectivity index (χ4n) is 5.16. The molecule has 0 aliphatic carbocycles. The molecule has 0 atom stereocenters. The molecule has 1 heterocycles.